The molecule has 1 N–H and O–H groups in total. The summed E-state index contributed by atoms with van der Waals surface area (Å²) in [6.07, 6.45) is 0. The van der Waals surface area contributed by atoms with Crippen molar-refractivity contribution in [2.75, 3.05) is 13.7 Å². The largest absolute Gasteiger partial charge is 0.474 e. The summed E-state index contributed by atoms with van der Waals surface area (Å²) in [7, 11) is 1.35. The van der Waals surface area contributed by atoms with E-state index in [1.807, 2.05) is 31.2 Å². The maximum Gasteiger partial charge on any atom is 0.344 e. The number of para-hydroxylation sites is 1. The summed E-state index contributed by atoms with van der Waals surface area (Å²) in [5.41, 5.74) is 2.15. The van der Waals surface area contributed by atoms with E-state index in [2.05, 4.69) is 11.6 Å². The van der Waals surface area contributed by atoms with Crippen molar-refractivity contribution in [2.45, 2.75) is 6.92 Å². The van der Waals surface area contributed by atoms with Crippen molar-refractivity contribution in [2.24, 2.45) is 0 Å². The molecular formula is C14H15NO3. The van der Waals surface area contributed by atoms with Crippen LogP contribution in [-0.4, -0.2) is 24.7 Å². The van der Waals surface area contributed by atoms with E-state index in [9.17, 15) is 4.79 Å². The Kier molecular flexibility index (Phi) is 3.37. The molecule has 0 radical (unpaired) electrons. The molecule has 0 spiro atoms. The molecule has 0 aliphatic heterocycles. The van der Waals surface area contributed by atoms with Gasteiger partial charge in [-0.2, -0.15) is 0 Å². The average Bonchev–Trinajstić information content (AvgIpc) is 2.73. The Labute approximate surface area is 105 Å². The molecule has 0 atom stereocenters. The van der Waals surface area contributed by atoms with Crippen LogP contribution in [0.25, 0.3) is 10.9 Å². The summed E-state index contributed by atoms with van der Waals surface area (Å²) in [6.45, 7) is 5.98. The number of fused-ring (bicyclic) bond motifs is 1. The molecule has 2 rings (SSSR count). The second-order valence-corrected chi connectivity index (χ2v) is 4.11. The van der Waals surface area contributed by atoms with E-state index < -0.39 is 5.97 Å². The fraction of sp³-hybridized carbons (Fsp3) is 0.214. The number of methoxy groups -OCH3 is 1. The van der Waals surface area contributed by atoms with Crippen LogP contribution in [0.4, 0.5) is 0 Å². The molecule has 1 aromatic heterocycles. The smallest absolute Gasteiger partial charge is 0.344 e. The molecule has 0 aliphatic rings. The maximum atomic E-state index is 11.8. The van der Waals surface area contributed by atoms with Crippen molar-refractivity contribution in [1.29, 1.82) is 0 Å². The van der Waals surface area contributed by atoms with Gasteiger partial charge < -0.3 is 14.5 Å². The second kappa shape index (κ2) is 4.96. The first-order chi connectivity index (χ1) is 8.63. The summed E-state index contributed by atoms with van der Waals surface area (Å²) in [6, 6.07) is 7.49. The molecule has 0 aliphatic carbocycles. The average molecular weight is 245 g/mol. The predicted octanol–water partition coefficient (Wildman–Crippen LogP) is 2.91. The minimum absolute atomic E-state index is 0.358. The third-order valence-corrected chi connectivity index (χ3v) is 2.52. The van der Waals surface area contributed by atoms with Gasteiger partial charge in [0.1, 0.15) is 12.2 Å². The molecule has 0 amide bonds. The summed E-state index contributed by atoms with van der Waals surface area (Å²) < 4.78 is 10.3. The number of ether oxygens (including phenoxy) is 2. The van der Waals surface area contributed by atoms with Gasteiger partial charge in [-0.25, -0.2) is 4.79 Å². The third kappa shape index (κ3) is 2.22. The van der Waals surface area contributed by atoms with Crippen molar-refractivity contribution in [1.82, 2.24) is 4.98 Å². The van der Waals surface area contributed by atoms with Crippen molar-refractivity contribution >= 4 is 16.9 Å². The van der Waals surface area contributed by atoms with Gasteiger partial charge in [-0.05, 0) is 18.6 Å². The summed E-state index contributed by atoms with van der Waals surface area (Å²) in [5, 5.41) is 0.793. The first-order valence-electron chi connectivity index (χ1n) is 5.59. The highest BCUT2D eigenvalue weighted by Crippen LogP contribution is 2.28. The lowest BCUT2D eigenvalue weighted by Crippen LogP contribution is -2.05. The number of benzene rings is 1. The van der Waals surface area contributed by atoms with E-state index in [0.29, 0.717) is 18.1 Å². The van der Waals surface area contributed by atoms with Gasteiger partial charge in [0.05, 0.1) is 7.11 Å². The van der Waals surface area contributed by atoms with Gasteiger partial charge in [-0.1, -0.05) is 24.8 Å². The van der Waals surface area contributed by atoms with Crippen LogP contribution in [0.5, 0.6) is 5.88 Å². The fourth-order valence-electron chi connectivity index (χ4n) is 1.73. The van der Waals surface area contributed by atoms with Gasteiger partial charge in [0.2, 0.25) is 5.88 Å². The zero-order valence-electron chi connectivity index (χ0n) is 10.4. The quantitative estimate of drug-likeness (QED) is 0.665. The topological polar surface area (TPSA) is 51.3 Å². The Morgan fingerprint density at radius 2 is 2.11 bits per heavy atom. The number of hydrogen-bond acceptors (Lipinski definition) is 3. The van der Waals surface area contributed by atoms with E-state index in [-0.39, 0.29) is 0 Å². The van der Waals surface area contributed by atoms with E-state index in [1.165, 1.54) is 7.11 Å². The van der Waals surface area contributed by atoms with Crippen LogP contribution in [0.3, 0.4) is 0 Å². The maximum absolute atomic E-state index is 11.8. The minimum atomic E-state index is -0.413. The summed E-state index contributed by atoms with van der Waals surface area (Å²) in [4.78, 5) is 14.9. The molecule has 1 aromatic carbocycles. The predicted molar refractivity (Wildman–Crippen MR) is 69.9 cm³/mol. The molecule has 0 saturated carbocycles. The van der Waals surface area contributed by atoms with Crippen LogP contribution in [0.2, 0.25) is 0 Å². The van der Waals surface area contributed by atoms with Crippen molar-refractivity contribution in [3.8, 4) is 5.88 Å². The Hall–Kier alpha value is -2.23. The SMILES string of the molecule is C=C(C)COc1[nH]c2ccccc2c1C(=O)OC. The number of carbonyl (C=O) groups is 1. The van der Waals surface area contributed by atoms with Crippen molar-refractivity contribution < 1.29 is 14.3 Å². The molecule has 18 heavy (non-hydrogen) atoms. The number of hydrogen-bond donors (Lipinski definition) is 1. The third-order valence-electron chi connectivity index (χ3n) is 2.52. The summed E-state index contributed by atoms with van der Waals surface area (Å²) in [5.74, 6) is 0.00946. The normalized spacial score (nSPS) is 10.3. The van der Waals surface area contributed by atoms with Gasteiger partial charge in [0.25, 0.3) is 0 Å². The minimum Gasteiger partial charge on any atom is -0.474 e. The number of rotatable bonds is 4. The lowest BCUT2D eigenvalue weighted by atomic mass is 10.2. The second-order valence-electron chi connectivity index (χ2n) is 4.11. The van der Waals surface area contributed by atoms with Crippen LogP contribution in [0.1, 0.15) is 17.3 Å². The van der Waals surface area contributed by atoms with E-state index >= 15 is 0 Å². The lowest BCUT2D eigenvalue weighted by Gasteiger charge is -2.05. The van der Waals surface area contributed by atoms with Crippen LogP contribution in [0, 0.1) is 0 Å². The van der Waals surface area contributed by atoms with Crippen molar-refractivity contribution in [3.05, 3.63) is 42.0 Å². The fourth-order valence-corrected chi connectivity index (χ4v) is 1.73. The number of esters is 1. The zero-order chi connectivity index (χ0) is 13.1. The molecule has 94 valence electrons. The van der Waals surface area contributed by atoms with E-state index in [4.69, 9.17) is 9.47 Å². The van der Waals surface area contributed by atoms with Gasteiger partial charge in [-0.3, -0.25) is 0 Å². The molecule has 4 heteroatoms. The highest BCUT2D eigenvalue weighted by atomic mass is 16.5. The molecule has 0 unspecified atom stereocenters. The monoisotopic (exact) mass is 245 g/mol. The van der Waals surface area contributed by atoms with Crippen LogP contribution in [0.15, 0.2) is 36.4 Å². The van der Waals surface area contributed by atoms with Gasteiger partial charge in [-0.15, -0.1) is 0 Å². The highest BCUT2D eigenvalue weighted by molar-refractivity contribution is 6.06. The molecule has 1 heterocycles. The number of aromatic amines is 1. The Morgan fingerprint density at radius 1 is 1.39 bits per heavy atom. The molecule has 0 saturated heterocycles. The standard InChI is InChI=1S/C14H15NO3/c1-9(2)8-18-13-12(14(16)17-3)10-6-4-5-7-11(10)15-13/h4-7,15H,1,8H2,2-3H3. The van der Waals surface area contributed by atoms with Gasteiger partial charge in [0, 0.05) is 10.9 Å². The highest BCUT2D eigenvalue weighted by Gasteiger charge is 2.20. The number of carbonyl (C=O) groups excluding carboxylic acids is 1. The van der Waals surface area contributed by atoms with E-state index in [0.717, 1.165) is 16.5 Å². The van der Waals surface area contributed by atoms with Crippen LogP contribution < -0.4 is 4.74 Å². The molecular weight excluding hydrogens is 230 g/mol. The van der Waals surface area contributed by atoms with Gasteiger partial charge in [0.15, 0.2) is 0 Å². The van der Waals surface area contributed by atoms with E-state index in [1.54, 1.807) is 0 Å². The lowest BCUT2D eigenvalue weighted by molar-refractivity contribution is 0.0598. The number of aromatic nitrogens is 1. The van der Waals surface area contributed by atoms with Crippen LogP contribution in [-0.2, 0) is 4.74 Å². The zero-order valence-corrected chi connectivity index (χ0v) is 10.4. The molecule has 2 aromatic rings. The Balaban J connectivity index is 2.49. The van der Waals surface area contributed by atoms with Gasteiger partial charge >= 0.3 is 5.97 Å². The van der Waals surface area contributed by atoms with Crippen LogP contribution >= 0.6 is 0 Å². The summed E-state index contributed by atoms with van der Waals surface area (Å²) >= 11 is 0. The first kappa shape index (κ1) is 12.2. The molecule has 0 fully saturated rings. The first-order valence-corrected chi connectivity index (χ1v) is 5.59. The molecule has 0 bridgehead atoms. The Bertz CT molecular complexity index is 598. The number of H-pyrrole nitrogens is 1. The number of nitrogens with one attached hydrogen (secondary N) is 1. The Morgan fingerprint density at radius 3 is 2.78 bits per heavy atom. The molecule has 4 nitrogen and oxygen atoms in total. The van der Waals surface area contributed by atoms with Crippen molar-refractivity contribution in [3.63, 3.8) is 0 Å².